The van der Waals surface area contributed by atoms with Crippen LogP contribution in [0.5, 0.6) is 11.5 Å². The second-order valence-electron chi connectivity index (χ2n) is 10.5. The van der Waals surface area contributed by atoms with Crippen LogP contribution in [0.3, 0.4) is 0 Å². The molecule has 5 rings (SSSR count). The van der Waals surface area contributed by atoms with Crippen LogP contribution < -0.4 is 9.47 Å². The molecule has 1 aliphatic rings. The predicted octanol–water partition coefficient (Wildman–Crippen LogP) is 7.88. The standard InChI is InChI=1S/C35H36F2O4/c1-38-31-18-16-26(17-19-31)20-29-14-8-9-15-33(29)41-34-22-32(40-24-28-12-6-3-7-13-28)21-30(35(34,36)37)25-39-23-27-10-4-2-5-11-27/h2-19,30,32,34H,20-25H2,1H3. The van der Waals surface area contributed by atoms with Crippen LogP contribution in [0.2, 0.25) is 0 Å². The number of para-hydroxylation sites is 1. The van der Waals surface area contributed by atoms with Crippen molar-refractivity contribution in [1.29, 1.82) is 0 Å². The first-order chi connectivity index (χ1) is 20.0. The van der Waals surface area contributed by atoms with Gasteiger partial charge in [0.2, 0.25) is 0 Å². The van der Waals surface area contributed by atoms with Crippen molar-refractivity contribution in [3.05, 3.63) is 131 Å². The molecule has 4 aromatic rings. The minimum Gasteiger partial charge on any atom is -0.497 e. The third-order valence-electron chi connectivity index (χ3n) is 7.55. The number of ether oxygens (including phenoxy) is 4. The molecule has 4 aromatic carbocycles. The monoisotopic (exact) mass is 558 g/mol. The lowest BCUT2D eigenvalue weighted by molar-refractivity contribution is -0.200. The summed E-state index contributed by atoms with van der Waals surface area (Å²) in [7, 11) is 1.62. The maximum absolute atomic E-state index is 16.0. The molecule has 0 radical (unpaired) electrons. The summed E-state index contributed by atoms with van der Waals surface area (Å²) in [6.45, 7) is 0.551. The normalized spacial score (nSPS) is 19.9. The number of hydrogen-bond acceptors (Lipinski definition) is 4. The number of methoxy groups -OCH3 is 1. The van der Waals surface area contributed by atoms with Gasteiger partial charge in [0, 0.05) is 12.8 Å². The lowest BCUT2D eigenvalue weighted by Crippen LogP contribution is -2.53. The Morgan fingerprint density at radius 3 is 2.02 bits per heavy atom. The van der Waals surface area contributed by atoms with Gasteiger partial charge in [-0.2, -0.15) is 0 Å². The molecule has 0 aromatic heterocycles. The zero-order valence-electron chi connectivity index (χ0n) is 23.3. The summed E-state index contributed by atoms with van der Waals surface area (Å²) in [5, 5.41) is 0. The van der Waals surface area contributed by atoms with E-state index in [2.05, 4.69) is 0 Å². The fraction of sp³-hybridized carbons (Fsp3) is 0.314. The van der Waals surface area contributed by atoms with Crippen molar-refractivity contribution in [2.75, 3.05) is 13.7 Å². The van der Waals surface area contributed by atoms with Crippen molar-refractivity contribution in [2.24, 2.45) is 5.92 Å². The first-order valence-electron chi connectivity index (χ1n) is 14.0. The first-order valence-corrected chi connectivity index (χ1v) is 14.0. The van der Waals surface area contributed by atoms with E-state index in [4.69, 9.17) is 18.9 Å². The van der Waals surface area contributed by atoms with Gasteiger partial charge in [0.15, 0.2) is 6.10 Å². The topological polar surface area (TPSA) is 36.9 Å². The second-order valence-corrected chi connectivity index (χ2v) is 10.5. The molecule has 0 spiro atoms. The molecule has 41 heavy (non-hydrogen) atoms. The smallest absolute Gasteiger partial charge is 0.289 e. The largest absolute Gasteiger partial charge is 0.497 e. The molecular weight excluding hydrogens is 522 g/mol. The highest BCUT2D eigenvalue weighted by Gasteiger charge is 2.54. The second kappa shape index (κ2) is 13.7. The number of alkyl halides is 2. The maximum atomic E-state index is 16.0. The van der Waals surface area contributed by atoms with Crippen molar-refractivity contribution < 1.29 is 27.7 Å². The molecule has 0 saturated heterocycles. The first kappa shape index (κ1) is 28.8. The predicted molar refractivity (Wildman–Crippen MR) is 155 cm³/mol. The third-order valence-corrected chi connectivity index (χ3v) is 7.55. The highest BCUT2D eigenvalue weighted by Crippen LogP contribution is 2.43. The molecule has 6 heteroatoms. The van der Waals surface area contributed by atoms with E-state index in [1.54, 1.807) is 13.2 Å². The van der Waals surface area contributed by atoms with E-state index in [0.717, 1.165) is 28.0 Å². The molecule has 3 unspecified atom stereocenters. The van der Waals surface area contributed by atoms with Crippen LogP contribution in [-0.4, -0.2) is 31.8 Å². The van der Waals surface area contributed by atoms with Crippen molar-refractivity contribution >= 4 is 0 Å². The van der Waals surface area contributed by atoms with Crippen LogP contribution in [-0.2, 0) is 29.1 Å². The van der Waals surface area contributed by atoms with Crippen LogP contribution in [0.4, 0.5) is 8.78 Å². The quantitative estimate of drug-likeness (QED) is 0.177. The molecule has 214 valence electrons. The number of hydrogen-bond donors (Lipinski definition) is 0. The van der Waals surface area contributed by atoms with Gasteiger partial charge in [-0.15, -0.1) is 0 Å². The fourth-order valence-electron chi connectivity index (χ4n) is 5.23. The summed E-state index contributed by atoms with van der Waals surface area (Å²) in [5.41, 5.74) is 3.83. The van der Waals surface area contributed by atoms with Gasteiger partial charge in [0.25, 0.3) is 5.92 Å². The van der Waals surface area contributed by atoms with Crippen molar-refractivity contribution in [3.63, 3.8) is 0 Å². The molecular formula is C35H36F2O4. The molecule has 1 saturated carbocycles. The van der Waals surface area contributed by atoms with Gasteiger partial charge in [-0.05, 0) is 46.9 Å². The number of benzene rings is 4. The summed E-state index contributed by atoms with van der Waals surface area (Å²) >= 11 is 0. The van der Waals surface area contributed by atoms with Crippen LogP contribution in [0.1, 0.15) is 35.1 Å². The molecule has 0 N–H and O–H groups in total. The molecule has 1 fully saturated rings. The fourth-order valence-corrected chi connectivity index (χ4v) is 5.23. The minimum atomic E-state index is -3.10. The lowest BCUT2D eigenvalue weighted by atomic mass is 9.81. The Labute approximate surface area is 240 Å². The van der Waals surface area contributed by atoms with Gasteiger partial charge in [-0.3, -0.25) is 0 Å². The van der Waals surface area contributed by atoms with Gasteiger partial charge >= 0.3 is 0 Å². The van der Waals surface area contributed by atoms with E-state index in [0.29, 0.717) is 18.8 Å². The zero-order chi connectivity index (χ0) is 28.5. The molecule has 0 aliphatic heterocycles. The number of halogens is 2. The Morgan fingerprint density at radius 1 is 0.707 bits per heavy atom. The molecule has 0 heterocycles. The SMILES string of the molecule is COc1ccc(Cc2ccccc2OC2CC(OCc3ccccc3)CC(COCc3ccccc3)C2(F)F)cc1. The molecule has 0 amide bonds. The van der Waals surface area contributed by atoms with Gasteiger partial charge in [-0.25, -0.2) is 8.78 Å². The zero-order valence-corrected chi connectivity index (χ0v) is 23.3. The molecule has 1 aliphatic carbocycles. The van der Waals surface area contributed by atoms with E-state index in [1.807, 2.05) is 103 Å². The van der Waals surface area contributed by atoms with Crippen LogP contribution in [0.15, 0.2) is 109 Å². The Hall–Kier alpha value is -3.74. The van der Waals surface area contributed by atoms with Crippen molar-refractivity contribution in [1.82, 2.24) is 0 Å². The number of rotatable bonds is 12. The Morgan fingerprint density at radius 2 is 1.34 bits per heavy atom. The van der Waals surface area contributed by atoms with Gasteiger partial charge in [0.1, 0.15) is 11.5 Å². The Balaban J connectivity index is 1.32. The Bertz CT molecular complexity index is 1350. The molecule has 0 bridgehead atoms. The summed E-state index contributed by atoms with van der Waals surface area (Å²) in [6.07, 6.45) is -0.901. The third kappa shape index (κ3) is 7.72. The van der Waals surface area contributed by atoms with Gasteiger partial charge in [0.05, 0.1) is 39.0 Å². The van der Waals surface area contributed by atoms with E-state index in [-0.39, 0.29) is 32.2 Å². The summed E-state index contributed by atoms with van der Waals surface area (Å²) in [5.74, 6) is -2.92. The Kier molecular flexibility index (Phi) is 9.65. The van der Waals surface area contributed by atoms with E-state index < -0.39 is 17.9 Å². The molecule has 3 atom stereocenters. The lowest BCUT2D eigenvalue weighted by Gasteiger charge is -2.41. The summed E-state index contributed by atoms with van der Waals surface area (Å²) < 4.78 is 55.6. The van der Waals surface area contributed by atoms with E-state index in [9.17, 15) is 0 Å². The highest BCUT2D eigenvalue weighted by molar-refractivity contribution is 5.39. The summed E-state index contributed by atoms with van der Waals surface area (Å²) in [6, 6.07) is 34.5. The van der Waals surface area contributed by atoms with Crippen LogP contribution in [0, 0.1) is 5.92 Å². The van der Waals surface area contributed by atoms with E-state index >= 15 is 8.78 Å². The molecule has 4 nitrogen and oxygen atoms in total. The van der Waals surface area contributed by atoms with Crippen molar-refractivity contribution in [2.45, 2.75) is 50.6 Å². The van der Waals surface area contributed by atoms with Gasteiger partial charge < -0.3 is 18.9 Å². The van der Waals surface area contributed by atoms with E-state index in [1.165, 1.54) is 0 Å². The summed E-state index contributed by atoms with van der Waals surface area (Å²) in [4.78, 5) is 0. The maximum Gasteiger partial charge on any atom is 0.289 e. The average Bonchev–Trinajstić information content (AvgIpc) is 3.00. The average molecular weight is 559 g/mol. The van der Waals surface area contributed by atoms with Crippen LogP contribution >= 0.6 is 0 Å². The minimum absolute atomic E-state index is 0.0829. The highest BCUT2D eigenvalue weighted by atomic mass is 19.3. The van der Waals surface area contributed by atoms with Crippen LogP contribution in [0.25, 0.3) is 0 Å². The van der Waals surface area contributed by atoms with Crippen molar-refractivity contribution in [3.8, 4) is 11.5 Å². The van der Waals surface area contributed by atoms with Gasteiger partial charge in [-0.1, -0.05) is 91.0 Å².